The molecule has 0 saturated heterocycles. The summed E-state index contributed by atoms with van der Waals surface area (Å²) in [4.78, 5) is 0. The minimum Gasteiger partial charge on any atom is -0.0622 e. The van der Waals surface area contributed by atoms with Crippen LogP contribution in [0, 0.1) is 13.8 Å². The van der Waals surface area contributed by atoms with E-state index < -0.39 is 0 Å². The van der Waals surface area contributed by atoms with Crippen molar-refractivity contribution in [2.45, 2.75) is 19.3 Å². The van der Waals surface area contributed by atoms with Gasteiger partial charge in [-0.25, -0.2) is 0 Å². The van der Waals surface area contributed by atoms with Crippen molar-refractivity contribution in [3.8, 4) is 0 Å². The Morgan fingerprint density at radius 2 is 1.04 bits per heavy atom. The molecule has 0 radical (unpaired) electrons. The molecule has 0 heterocycles. The molecule has 0 nitrogen and oxygen atoms in total. The van der Waals surface area contributed by atoms with E-state index in [4.69, 9.17) is 0 Å². The SMILES string of the molecule is Cc1ccccc1C(c1ccccc1)(c1ccccc1)c1cccc(Br)c1C. The van der Waals surface area contributed by atoms with Crippen LogP contribution in [0.15, 0.2) is 108 Å². The molecule has 0 aliphatic rings. The predicted octanol–water partition coefficient (Wildman–Crippen LogP) is 7.45. The first-order valence-electron chi connectivity index (χ1n) is 9.58. The van der Waals surface area contributed by atoms with Gasteiger partial charge in [0.15, 0.2) is 0 Å². The van der Waals surface area contributed by atoms with Gasteiger partial charge in [-0.1, -0.05) is 113 Å². The highest BCUT2D eigenvalue weighted by molar-refractivity contribution is 9.10. The Hall–Kier alpha value is -2.64. The molecule has 0 saturated carbocycles. The highest BCUT2D eigenvalue weighted by Gasteiger charge is 2.40. The van der Waals surface area contributed by atoms with Crippen molar-refractivity contribution >= 4 is 15.9 Å². The zero-order valence-electron chi connectivity index (χ0n) is 16.2. The van der Waals surface area contributed by atoms with E-state index >= 15 is 0 Å². The topological polar surface area (TPSA) is 0 Å². The summed E-state index contributed by atoms with van der Waals surface area (Å²) < 4.78 is 1.13. The summed E-state index contributed by atoms with van der Waals surface area (Å²) in [5.74, 6) is 0. The van der Waals surface area contributed by atoms with Gasteiger partial charge in [-0.15, -0.1) is 0 Å². The molecule has 0 spiro atoms. The Morgan fingerprint density at radius 1 is 0.536 bits per heavy atom. The van der Waals surface area contributed by atoms with E-state index in [0.29, 0.717) is 0 Å². The number of hydrogen-bond donors (Lipinski definition) is 0. The Kier molecular flexibility index (Phi) is 5.19. The molecule has 0 aromatic heterocycles. The summed E-state index contributed by atoms with van der Waals surface area (Å²) in [5.41, 5.74) is 7.32. The second-order valence-electron chi connectivity index (χ2n) is 7.21. The summed E-state index contributed by atoms with van der Waals surface area (Å²) in [6.45, 7) is 4.42. The Morgan fingerprint density at radius 3 is 1.61 bits per heavy atom. The third kappa shape index (κ3) is 3.00. The highest BCUT2D eigenvalue weighted by atomic mass is 79.9. The van der Waals surface area contributed by atoms with Gasteiger partial charge in [0.2, 0.25) is 0 Å². The molecule has 0 N–H and O–H groups in total. The molecule has 1 heteroatoms. The molecule has 138 valence electrons. The second-order valence-corrected chi connectivity index (χ2v) is 8.06. The van der Waals surface area contributed by atoms with Gasteiger partial charge < -0.3 is 0 Å². The van der Waals surface area contributed by atoms with Crippen LogP contribution in [-0.2, 0) is 5.41 Å². The molecular weight excluding hydrogens is 404 g/mol. The molecule has 0 aliphatic heterocycles. The maximum Gasteiger partial charge on any atom is 0.0707 e. The number of halogens is 1. The van der Waals surface area contributed by atoms with Crippen LogP contribution in [-0.4, -0.2) is 0 Å². The average Bonchev–Trinajstić information content (AvgIpc) is 2.74. The summed E-state index contributed by atoms with van der Waals surface area (Å²) in [7, 11) is 0. The molecule has 0 aliphatic carbocycles. The Bertz CT molecular complexity index is 1040. The lowest BCUT2D eigenvalue weighted by Gasteiger charge is -2.39. The van der Waals surface area contributed by atoms with Gasteiger partial charge in [-0.2, -0.15) is 0 Å². The van der Waals surface area contributed by atoms with E-state index in [-0.39, 0.29) is 5.41 Å². The Labute approximate surface area is 176 Å². The van der Waals surface area contributed by atoms with Crippen LogP contribution in [0.1, 0.15) is 33.4 Å². The van der Waals surface area contributed by atoms with E-state index in [0.717, 1.165) is 4.47 Å². The third-order valence-electron chi connectivity index (χ3n) is 5.63. The number of rotatable bonds is 4. The van der Waals surface area contributed by atoms with Gasteiger partial charge in [0.05, 0.1) is 5.41 Å². The molecule has 0 amide bonds. The smallest absolute Gasteiger partial charge is 0.0622 e. The van der Waals surface area contributed by atoms with Crippen molar-refractivity contribution < 1.29 is 0 Å². The summed E-state index contributed by atoms with van der Waals surface area (Å²) in [6.07, 6.45) is 0. The van der Waals surface area contributed by atoms with E-state index in [1.165, 1.54) is 33.4 Å². The van der Waals surface area contributed by atoms with Crippen LogP contribution >= 0.6 is 15.9 Å². The normalized spacial score (nSPS) is 11.4. The number of hydrogen-bond acceptors (Lipinski definition) is 0. The largest absolute Gasteiger partial charge is 0.0707 e. The fraction of sp³-hybridized carbons (Fsp3) is 0.111. The van der Waals surface area contributed by atoms with E-state index in [2.05, 4.69) is 133 Å². The fourth-order valence-electron chi connectivity index (χ4n) is 4.32. The Balaban J connectivity index is 2.22. The van der Waals surface area contributed by atoms with Crippen LogP contribution in [0.4, 0.5) is 0 Å². The monoisotopic (exact) mass is 426 g/mol. The van der Waals surface area contributed by atoms with Gasteiger partial charge in [0.1, 0.15) is 0 Å². The van der Waals surface area contributed by atoms with Crippen molar-refractivity contribution in [3.63, 3.8) is 0 Å². The van der Waals surface area contributed by atoms with Crippen LogP contribution in [0.5, 0.6) is 0 Å². The fourth-order valence-corrected chi connectivity index (χ4v) is 4.68. The maximum absolute atomic E-state index is 3.77. The van der Waals surface area contributed by atoms with E-state index in [1.54, 1.807) is 0 Å². The number of benzene rings is 4. The molecule has 0 bridgehead atoms. The maximum atomic E-state index is 3.77. The van der Waals surface area contributed by atoms with Crippen LogP contribution < -0.4 is 0 Å². The first kappa shape index (κ1) is 18.7. The van der Waals surface area contributed by atoms with Crippen molar-refractivity contribution in [3.05, 3.63) is 141 Å². The van der Waals surface area contributed by atoms with Crippen LogP contribution in [0.3, 0.4) is 0 Å². The summed E-state index contributed by atoms with van der Waals surface area (Å²) >= 11 is 3.77. The van der Waals surface area contributed by atoms with E-state index in [9.17, 15) is 0 Å². The van der Waals surface area contributed by atoms with Crippen molar-refractivity contribution in [2.75, 3.05) is 0 Å². The zero-order chi connectivity index (χ0) is 19.6. The standard InChI is InChI=1S/C27H23Br/c1-20-12-9-10-17-24(20)27(22-13-5-3-6-14-22,23-15-7-4-8-16-23)25-18-11-19-26(28)21(25)2/h3-19H,1-2H3. The molecule has 4 rings (SSSR count). The number of aryl methyl sites for hydroxylation is 1. The van der Waals surface area contributed by atoms with E-state index in [1.807, 2.05) is 0 Å². The molecule has 4 aromatic carbocycles. The minimum atomic E-state index is -0.387. The minimum absolute atomic E-state index is 0.387. The van der Waals surface area contributed by atoms with Crippen molar-refractivity contribution in [1.29, 1.82) is 0 Å². The molecule has 4 aromatic rings. The molecule has 0 fully saturated rings. The lowest BCUT2D eigenvalue weighted by atomic mass is 9.63. The lowest BCUT2D eigenvalue weighted by Crippen LogP contribution is -2.32. The van der Waals surface area contributed by atoms with Gasteiger partial charge >= 0.3 is 0 Å². The molecule has 0 unspecified atom stereocenters. The van der Waals surface area contributed by atoms with Crippen LogP contribution in [0.25, 0.3) is 0 Å². The van der Waals surface area contributed by atoms with Crippen LogP contribution in [0.2, 0.25) is 0 Å². The highest BCUT2D eigenvalue weighted by Crippen LogP contribution is 2.48. The first-order chi connectivity index (χ1) is 13.7. The van der Waals surface area contributed by atoms with Crippen molar-refractivity contribution in [1.82, 2.24) is 0 Å². The zero-order valence-corrected chi connectivity index (χ0v) is 17.8. The summed E-state index contributed by atoms with van der Waals surface area (Å²) in [5, 5.41) is 0. The molecular formula is C27H23Br. The third-order valence-corrected chi connectivity index (χ3v) is 6.49. The molecule has 28 heavy (non-hydrogen) atoms. The van der Waals surface area contributed by atoms with Gasteiger partial charge in [0.25, 0.3) is 0 Å². The second kappa shape index (κ2) is 7.77. The first-order valence-corrected chi connectivity index (χ1v) is 10.4. The molecule has 0 atom stereocenters. The summed E-state index contributed by atoms with van der Waals surface area (Å²) in [6, 6.07) is 37.0. The quantitative estimate of drug-likeness (QED) is 0.297. The van der Waals surface area contributed by atoms with Gasteiger partial charge in [-0.3, -0.25) is 0 Å². The lowest BCUT2D eigenvalue weighted by molar-refractivity contribution is 0.731. The predicted molar refractivity (Wildman–Crippen MR) is 122 cm³/mol. The average molecular weight is 427 g/mol. The van der Waals surface area contributed by atoms with Gasteiger partial charge in [0, 0.05) is 4.47 Å². The van der Waals surface area contributed by atoms with Crippen molar-refractivity contribution in [2.24, 2.45) is 0 Å². The van der Waals surface area contributed by atoms with Gasteiger partial charge in [-0.05, 0) is 53.3 Å².